The number of rotatable bonds is 5. The number of nitrogens with two attached hydrogens (primary N) is 1. The van der Waals surface area contributed by atoms with Crippen molar-refractivity contribution in [1.82, 2.24) is 20.2 Å². The Balaban J connectivity index is 1.78. The lowest BCUT2D eigenvalue weighted by molar-refractivity contribution is 0.582. The van der Waals surface area contributed by atoms with Crippen molar-refractivity contribution in [2.45, 2.75) is 11.8 Å². The molecule has 0 fully saturated rings. The number of hydrogen-bond acceptors (Lipinski definition) is 7. The molecule has 0 aliphatic rings. The Morgan fingerprint density at radius 1 is 1.00 bits per heavy atom. The summed E-state index contributed by atoms with van der Waals surface area (Å²) in [6.45, 7) is 1.87. The zero-order valence-electron chi connectivity index (χ0n) is 15.1. The van der Waals surface area contributed by atoms with Gasteiger partial charge < -0.3 is 10.2 Å². The molecule has 1 atom stereocenters. The van der Waals surface area contributed by atoms with Gasteiger partial charge in [0.25, 0.3) is 5.89 Å². The summed E-state index contributed by atoms with van der Waals surface area (Å²) in [4.78, 5) is 9.51. The van der Waals surface area contributed by atoms with Crippen molar-refractivity contribution in [2.24, 2.45) is 0 Å². The van der Waals surface area contributed by atoms with Crippen molar-refractivity contribution < 1.29 is 8.63 Å². The molecule has 8 heteroatoms. The average Bonchev–Trinajstić information content (AvgIpc) is 3.24. The molecule has 0 aliphatic carbocycles. The Bertz CT molecular complexity index is 1140. The maximum absolute atomic E-state index is 12.4. The van der Waals surface area contributed by atoms with Crippen molar-refractivity contribution >= 4 is 16.6 Å². The fourth-order valence-corrected chi connectivity index (χ4v) is 3.69. The molecule has 2 aromatic carbocycles. The van der Waals surface area contributed by atoms with Gasteiger partial charge in [0, 0.05) is 21.8 Å². The van der Waals surface area contributed by atoms with E-state index >= 15 is 0 Å². The number of aromatic nitrogens is 4. The molecule has 0 radical (unpaired) electrons. The van der Waals surface area contributed by atoms with Crippen molar-refractivity contribution in [3.8, 4) is 34.3 Å². The lowest BCUT2D eigenvalue weighted by Crippen LogP contribution is -2.02. The Kier molecular flexibility index (Phi) is 4.94. The van der Waals surface area contributed by atoms with Gasteiger partial charge in [-0.3, -0.25) is 4.21 Å². The third kappa shape index (κ3) is 3.41. The summed E-state index contributed by atoms with van der Waals surface area (Å²) in [6.07, 6.45) is 1.55. The van der Waals surface area contributed by atoms with Crippen LogP contribution in [0.5, 0.6) is 0 Å². The van der Waals surface area contributed by atoms with Crippen LogP contribution in [0.25, 0.3) is 34.3 Å². The summed E-state index contributed by atoms with van der Waals surface area (Å²) >= 11 is 0. The lowest BCUT2D eigenvalue weighted by atomic mass is 10.1. The van der Waals surface area contributed by atoms with Crippen LogP contribution in [0.2, 0.25) is 0 Å². The van der Waals surface area contributed by atoms with Crippen molar-refractivity contribution in [3.63, 3.8) is 0 Å². The number of nitrogens with zero attached hydrogens (tertiary/aromatic N) is 4. The van der Waals surface area contributed by atoms with Crippen LogP contribution in [-0.4, -0.2) is 30.1 Å². The molecule has 0 saturated heterocycles. The monoisotopic (exact) mass is 391 g/mol. The van der Waals surface area contributed by atoms with E-state index in [1.165, 1.54) is 0 Å². The SMILES string of the molecule is CCS(=O)c1ccccc1-c1cnc(N)c(-c2nnc(-c3ccccc3)o2)n1. The van der Waals surface area contributed by atoms with E-state index in [1.807, 2.05) is 61.5 Å². The molecule has 28 heavy (non-hydrogen) atoms. The van der Waals surface area contributed by atoms with E-state index in [-0.39, 0.29) is 11.7 Å². The topological polar surface area (TPSA) is 108 Å². The minimum atomic E-state index is -1.13. The Morgan fingerprint density at radius 3 is 2.50 bits per heavy atom. The number of hydrogen-bond donors (Lipinski definition) is 1. The minimum Gasteiger partial charge on any atom is -0.414 e. The molecule has 0 saturated carbocycles. The van der Waals surface area contributed by atoms with Crippen LogP contribution in [-0.2, 0) is 10.8 Å². The summed E-state index contributed by atoms with van der Waals surface area (Å²) in [5.41, 5.74) is 8.38. The van der Waals surface area contributed by atoms with E-state index in [0.29, 0.717) is 27.9 Å². The van der Waals surface area contributed by atoms with Gasteiger partial charge in [-0.15, -0.1) is 10.2 Å². The van der Waals surface area contributed by atoms with Crippen molar-refractivity contribution in [1.29, 1.82) is 0 Å². The summed E-state index contributed by atoms with van der Waals surface area (Å²) in [7, 11) is -1.13. The Hall–Kier alpha value is -3.39. The molecule has 7 nitrogen and oxygen atoms in total. The highest BCUT2D eigenvalue weighted by molar-refractivity contribution is 7.85. The largest absolute Gasteiger partial charge is 0.414 e. The molecule has 0 amide bonds. The van der Waals surface area contributed by atoms with Crippen LogP contribution in [0.1, 0.15) is 6.92 Å². The fraction of sp³-hybridized carbons (Fsp3) is 0.100. The fourth-order valence-electron chi connectivity index (χ4n) is 2.73. The zero-order valence-corrected chi connectivity index (χ0v) is 15.9. The van der Waals surface area contributed by atoms with Crippen LogP contribution >= 0.6 is 0 Å². The van der Waals surface area contributed by atoms with Crippen LogP contribution in [0.4, 0.5) is 5.82 Å². The first-order valence-corrected chi connectivity index (χ1v) is 9.99. The minimum absolute atomic E-state index is 0.180. The quantitative estimate of drug-likeness (QED) is 0.554. The van der Waals surface area contributed by atoms with E-state index in [0.717, 1.165) is 11.1 Å². The molecule has 4 rings (SSSR count). The van der Waals surface area contributed by atoms with E-state index in [4.69, 9.17) is 10.2 Å². The third-order valence-electron chi connectivity index (χ3n) is 4.12. The number of nitrogen functional groups attached to an aromatic ring is 1. The molecule has 2 N–H and O–H groups in total. The number of benzene rings is 2. The summed E-state index contributed by atoms with van der Waals surface area (Å²) in [5, 5.41) is 8.15. The second-order valence-corrected chi connectivity index (χ2v) is 7.61. The molecule has 2 aromatic heterocycles. The van der Waals surface area contributed by atoms with Gasteiger partial charge in [-0.2, -0.15) is 0 Å². The van der Waals surface area contributed by atoms with E-state index in [9.17, 15) is 4.21 Å². The smallest absolute Gasteiger partial charge is 0.270 e. The van der Waals surface area contributed by atoms with Crippen molar-refractivity contribution in [3.05, 3.63) is 60.8 Å². The first-order valence-electron chi connectivity index (χ1n) is 8.67. The molecule has 140 valence electrons. The molecule has 4 aromatic rings. The van der Waals surface area contributed by atoms with Crippen molar-refractivity contribution in [2.75, 3.05) is 11.5 Å². The van der Waals surface area contributed by atoms with Gasteiger partial charge in [-0.05, 0) is 18.2 Å². The van der Waals surface area contributed by atoms with Crippen LogP contribution in [0.3, 0.4) is 0 Å². The highest BCUT2D eigenvalue weighted by atomic mass is 32.2. The standard InChI is InChI=1S/C20H17N5O2S/c1-2-28(26)16-11-7-6-10-14(16)15-12-22-18(21)17(23-15)20-25-24-19(27-20)13-8-4-3-5-9-13/h3-12H,2H2,1H3,(H2,21,22). The van der Waals surface area contributed by atoms with Gasteiger partial charge in [-0.1, -0.05) is 43.3 Å². The van der Waals surface area contributed by atoms with Crippen LogP contribution in [0, 0.1) is 0 Å². The first-order chi connectivity index (χ1) is 13.7. The van der Waals surface area contributed by atoms with E-state index in [2.05, 4.69) is 20.2 Å². The third-order valence-corrected chi connectivity index (χ3v) is 5.49. The van der Waals surface area contributed by atoms with Crippen LogP contribution in [0.15, 0.2) is 70.1 Å². The van der Waals surface area contributed by atoms with E-state index in [1.54, 1.807) is 6.20 Å². The molecular weight excluding hydrogens is 374 g/mol. The molecule has 2 heterocycles. The highest BCUT2D eigenvalue weighted by Crippen LogP contribution is 2.30. The second kappa shape index (κ2) is 7.69. The van der Waals surface area contributed by atoms with Gasteiger partial charge in [0.15, 0.2) is 11.5 Å². The first kappa shape index (κ1) is 18.0. The normalized spacial score (nSPS) is 12.0. The summed E-state index contributed by atoms with van der Waals surface area (Å²) in [6, 6.07) is 16.8. The Morgan fingerprint density at radius 2 is 1.71 bits per heavy atom. The van der Waals surface area contributed by atoms with Gasteiger partial charge in [-0.25, -0.2) is 9.97 Å². The van der Waals surface area contributed by atoms with Gasteiger partial charge in [0.1, 0.15) is 0 Å². The van der Waals surface area contributed by atoms with Gasteiger partial charge >= 0.3 is 0 Å². The summed E-state index contributed by atoms with van der Waals surface area (Å²) in [5.74, 6) is 1.24. The lowest BCUT2D eigenvalue weighted by Gasteiger charge is -2.09. The molecule has 0 aliphatic heterocycles. The Labute approximate surface area is 164 Å². The highest BCUT2D eigenvalue weighted by Gasteiger charge is 2.18. The maximum Gasteiger partial charge on any atom is 0.270 e. The average molecular weight is 391 g/mol. The molecule has 0 bridgehead atoms. The van der Waals surface area contributed by atoms with Crippen LogP contribution < -0.4 is 5.73 Å². The number of anilines is 1. The predicted molar refractivity (Wildman–Crippen MR) is 108 cm³/mol. The molecule has 0 spiro atoms. The zero-order chi connectivity index (χ0) is 19.5. The summed E-state index contributed by atoms with van der Waals surface area (Å²) < 4.78 is 18.1. The second-order valence-electron chi connectivity index (χ2n) is 5.90. The van der Waals surface area contributed by atoms with Gasteiger partial charge in [0.2, 0.25) is 5.89 Å². The predicted octanol–water partition coefficient (Wildman–Crippen LogP) is 3.57. The van der Waals surface area contributed by atoms with Gasteiger partial charge in [0.05, 0.1) is 22.7 Å². The van der Waals surface area contributed by atoms with E-state index < -0.39 is 10.8 Å². The molecule has 1 unspecified atom stereocenters. The molecular formula is C20H17N5O2S. The maximum atomic E-state index is 12.4.